The Bertz CT molecular complexity index is 1180. The minimum absolute atomic E-state index is 0.385. The fourth-order valence-electron chi connectivity index (χ4n) is 2.94. The minimum Gasteiger partial charge on any atom is -0.497 e. The second-order valence-electron chi connectivity index (χ2n) is 6.29. The summed E-state index contributed by atoms with van der Waals surface area (Å²) in [6.07, 6.45) is 0. The molecule has 28 heavy (non-hydrogen) atoms. The van der Waals surface area contributed by atoms with Crippen molar-refractivity contribution in [2.45, 2.75) is 6.61 Å². The van der Waals surface area contributed by atoms with E-state index in [-0.39, 0.29) is 0 Å². The maximum Gasteiger partial charge on any atom is 0.344 e. The van der Waals surface area contributed by atoms with Crippen LogP contribution in [0, 0.1) is 0 Å². The lowest BCUT2D eigenvalue weighted by Crippen LogP contribution is -2.03. The SMILES string of the molecule is COc1cccc(COc2ccc3cc(-c4ccc(Cl)cc4)c(=O)oc3c2)c1. The fraction of sp³-hybridized carbons (Fsp3) is 0.0870. The number of ether oxygens (including phenoxy) is 2. The summed E-state index contributed by atoms with van der Waals surface area (Å²) in [4.78, 5) is 12.4. The molecule has 1 heterocycles. The van der Waals surface area contributed by atoms with Gasteiger partial charge in [-0.05, 0) is 53.6 Å². The Morgan fingerprint density at radius 3 is 2.54 bits per heavy atom. The topological polar surface area (TPSA) is 48.7 Å². The number of methoxy groups -OCH3 is 1. The van der Waals surface area contributed by atoms with Gasteiger partial charge in [0, 0.05) is 16.5 Å². The number of rotatable bonds is 5. The molecule has 140 valence electrons. The minimum atomic E-state index is -0.403. The van der Waals surface area contributed by atoms with Gasteiger partial charge < -0.3 is 13.9 Å². The number of benzene rings is 3. The van der Waals surface area contributed by atoms with Crippen molar-refractivity contribution in [3.05, 3.63) is 93.8 Å². The molecular weight excluding hydrogens is 376 g/mol. The van der Waals surface area contributed by atoms with Gasteiger partial charge in [0.05, 0.1) is 12.7 Å². The standard InChI is InChI=1S/C23H17ClO4/c1-26-19-4-2-3-15(11-19)14-27-20-10-7-17-12-21(23(25)28-22(17)13-20)16-5-8-18(24)9-6-16/h2-13H,14H2,1H3. The molecule has 0 atom stereocenters. The third-order valence-electron chi connectivity index (χ3n) is 4.40. The molecule has 1 aromatic heterocycles. The van der Waals surface area contributed by atoms with Gasteiger partial charge in [-0.3, -0.25) is 0 Å². The Kier molecular flexibility index (Phi) is 5.04. The molecular formula is C23H17ClO4. The van der Waals surface area contributed by atoms with E-state index in [1.807, 2.05) is 42.5 Å². The zero-order valence-electron chi connectivity index (χ0n) is 15.1. The molecule has 3 aromatic carbocycles. The van der Waals surface area contributed by atoms with Gasteiger partial charge in [-0.15, -0.1) is 0 Å². The summed E-state index contributed by atoms with van der Waals surface area (Å²) in [7, 11) is 1.63. The molecule has 4 rings (SSSR count). The Morgan fingerprint density at radius 2 is 1.75 bits per heavy atom. The summed E-state index contributed by atoms with van der Waals surface area (Å²) in [6.45, 7) is 0.385. The molecule has 0 aliphatic heterocycles. The highest BCUT2D eigenvalue weighted by atomic mass is 35.5. The van der Waals surface area contributed by atoms with Gasteiger partial charge in [0.15, 0.2) is 0 Å². The van der Waals surface area contributed by atoms with E-state index < -0.39 is 5.63 Å². The smallest absolute Gasteiger partial charge is 0.344 e. The summed E-state index contributed by atoms with van der Waals surface area (Å²) < 4.78 is 16.6. The summed E-state index contributed by atoms with van der Waals surface area (Å²) in [6, 6.07) is 22.0. The molecule has 5 heteroatoms. The summed E-state index contributed by atoms with van der Waals surface area (Å²) in [5, 5.41) is 1.44. The van der Waals surface area contributed by atoms with Gasteiger partial charge in [0.2, 0.25) is 0 Å². The van der Waals surface area contributed by atoms with Crippen molar-refractivity contribution in [2.24, 2.45) is 0 Å². The highest BCUT2D eigenvalue weighted by Gasteiger charge is 2.09. The molecule has 0 N–H and O–H groups in total. The quantitative estimate of drug-likeness (QED) is 0.409. The average molecular weight is 393 g/mol. The van der Waals surface area contributed by atoms with Gasteiger partial charge in [0.1, 0.15) is 23.7 Å². The lowest BCUT2D eigenvalue weighted by atomic mass is 10.1. The van der Waals surface area contributed by atoms with E-state index in [0.717, 1.165) is 22.3 Å². The maximum atomic E-state index is 12.4. The molecule has 0 fully saturated rings. The van der Waals surface area contributed by atoms with Crippen LogP contribution >= 0.6 is 11.6 Å². The first-order valence-electron chi connectivity index (χ1n) is 8.72. The van der Waals surface area contributed by atoms with Gasteiger partial charge in [-0.2, -0.15) is 0 Å². The van der Waals surface area contributed by atoms with Crippen LogP contribution in [0.25, 0.3) is 22.1 Å². The van der Waals surface area contributed by atoms with Gasteiger partial charge in [-0.25, -0.2) is 4.79 Å². The molecule has 4 aromatic rings. The molecule has 0 aliphatic carbocycles. The highest BCUT2D eigenvalue weighted by Crippen LogP contribution is 2.26. The van der Waals surface area contributed by atoms with E-state index in [1.54, 1.807) is 37.4 Å². The largest absolute Gasteiger partial charge is 0.497 e. The third kappa shape index (κ3) is 3.87. The summed E-state index contributed by atoms with van der Waals surface area (Å²) in [5.41, 5.74) is 2.32. The first-order chi connectivity index (χ1) is 13.6. The Balaban J connectivity index is 1.60. The van der Waals surface area contributed by atoms with Crippen molar-refractivity contribution in [1.82, 2.24) is 0 Å². The van der Waals surface area contributed by atoms with Crippen molar-refractivity contribution in [3.63, 3.8) is 0 Å². The predicted octanol–water partition coefficient (Wildman–Crippen LogP) is 5.70. The maximum absolute atomic E-state index is 12.4. The van der Waals surface area contributed by atoms with Crippen LogP contribution in [-0.4, -0.2) is 7.11 Å². The molecule has 0 saturated carbocycles. The van der Waals surface area contributed by atoms with E-state index in [1.165, 1.54) is 0 Å². The molecule has 0 aliphatic rings. The normalized spacial score (nSPS) is 10.8. The Hall–Kier alpha value is -3.24. The van der Waals surface area contributed by atoms with Crippen molar-refractivity contribution in [3.8, 4) is 22.6 Å². The molecule has 0 amide bonds. The Labute approximate surface area is 166 Å². The van der Waals surface area contributed by atoms with Crippen LogP contribution in [-0.2, 0) is 6.61 Å². The van der Waals surface area contributed by atoms with Gasteiger partial charge >= 0.3 is 5.63 Å². The summed E-state index contributed by atoms with van der Waals surface area (Å²) >= 11 is 5.92. The second kappa shape index (κ2) is 7.79. The zero-order chi connectivity index (χ0) is 19.5. The van der Waals surface area contributed by atoms with E-state index in [0.29, 0.717) is 28.5 Å². The van der Waals surface area contributed by atoms with E-state index in [9.17, 15) is 4.79 Å². The lowest BCUT2D eigenvalue weighted by Gasteiger charge is -2.09. The van der Waals surface area contributed by atoms with Crippen molar-refractivity contribution >= 4 is 22.6 Å². The van der Waals surface area contributed by atoms with Crippen LogP contribution < -0.4 is 15.1 Å². The lowest BCUT2D eigenvalue weighted by molar-refractivity contribution is 0.305. The van der Waals surface area contributed by atoms with Gasteiger partial charge in [-0.1, -0.05) is 35.9 Å². The summed E-state index contributed by atoms with van der Waals surface area (Å²) in [5.74, 6) is 1.40. The van der Waals surface area contributed by atoms with Crippen molar-refractivity contribution < 1.29 is 13.9 Å². The zero-order valence-corrected chi connectivity index (χ0v) is 15.9. The fourth-order valence-corrected chi connectivity index (χ4v) is 3.07. The van der Waals surface area contributed by atoms with E-state index in [2.05, 4.69) is 0 Å². The van der Waals surface area contributed by atoms with Crippen molar-refractivity contribution in [2.75, 3.05) is 7.11 Å². The number of halogens is 1. The van der Waals surface area contributed by atoms with Crippen LogP contribution in [0.4, 0.5) is 0 Å². The third-order valence-corrected chi connectivity index (χ3v) is 4.65. The van der Waals surface area contributed by atoms with Crippen LogP contribution in [0.15, 0.2) is 82.0 Å². The van der Waals surface area contributed by atoms with Crippen LogP contribution in [0.2, 0.25) is 5.02 Å². The highest BCUT2D eigenvalue weighted by molar-refractivity contribution is 6.30. The van der Waals surface area contributed by atoms with Crippen LogP contribution in [0.1, 0.15) is 5.56 Å². The average Bonchev–Trinajstić information content (AvgIpc) is 2.72. The molecule has 0 spiro atoms. The first kappa shape index (κ1) is 18.1. The van der Waals surface area contributed by atoms with Gasteiger partial charge in [0.25, 0.3) is 0 Å². The number of hydrogen-bond acceptors (Lipinski definition) is 4. The van der Waals surface area contributed by atoms with Crippen molar-refractivity contribution in [1.29, 1.82) is 0 Å². The number of fused-ring (bicyclic) bond motifs is 1. The molecule has 0 saturated heterocycles. The van der Waals surface area contributed by atoms with E-state index in [4.69, 9.17) is 25.5 Å². The van der Waals surface area contributed by atoms with E-state index >= 15 is 0 Å². The molecule has 0 radical (unpaired) electrons. The number of hydrogen-bond donors (Lipinski definition) is 0. The monoisotopic (exact) mass is 392 g/mol. The van der Waals surface area contributed by atoms with Crippen LogP contribution in [0.5, 0.6) is 11.5 Å². The molecule has 0 unspecified atom stereocenters. The first-order valence-corrected chi connectivity index (χ1v) is 9.10. The predicted molar refractivity (Wildman–Crippen MR) is 110 cm³/mol. The molecule has 4 nitrogen and oxygen atoms in total. The Morgan fingerprint density at radius 1 is 0.929 bits per heavy atom. The second-order valence-corrected chi connectivity index (χ2v) is 6.73. The molecule has 0 bridgehead atoms. The van der Waals surface area contributed by atoms with Crippen LogP contribution in [0.3, 0.4) is 0 Å².